The fourth-order valence-electron chi connectivity index (χ4n) is 4.92. The number of anilines is 1. The van der Waals surface area contributed by atoms with E-state index in [-0.39, 0.29) is 56.4 Å². The predicted octanol–water partition coefficient (Wildman–Crippen LogP) is 4.98. The molecule has 2 aromatic carbocycles. The van der Waals surface area contributed by atoms with Gasteiger partial charge in [0, 0.05) is 17.0 Å². The summed E-state index contributed by atoms with van der Waals surface area (Å²) in [4.78, 5) is 71.1. The van der Waals surface area contributed by atoms with Crippen molar-refractivity contribution in [2.45, 2.75) is 91.6 Å². The third kappa shape index (κ3) is 28.5. The Morgan fingerprint density at radius 3 is 1.84 bits per heavy atom. The van der Waals surface area contributed by atoms with Crippen LogP contribution in [0.3, 0.4) is 0 Å². The van der Waals surface area contributed by atoms with Crippen molar-refractivity contribution in [1.82, 2.24) is 0 Å². The molecule has 4 rings (SSSR count). The van der Waals surface area contributed by atoms with E-state index in [1.807, 2.05) is 58.0 Å². The number of ether oxygens (including phenoxy) is 4. The highest BCUT2D eigenvalue weighted by molar-refractivity contribution is 5.84. The number of nitrogens with zero attached hydrogens (tertiary/aromatic N) is 1. The minimum atomic E-state index is -0.917. The zero-order chi connectivity index (χ0) is 47.1. The molecule has 2 aromatic rings. The molecule has 0 aliphatic heterocycles. The van der Waals surface area contributed by atoms with Gasteiger partial charge >= 0.3 is 12.2 Å². The van der Waals surface area contributed by atoms with Crippen LogP contribution in [0.1, 0.15) is 76.5 Å². The van der Waals surface area contributed by atoms with Crippen LogP contribution in [0.2, 0.25) is 0 Å². The van der Waals surface area contributed by atoms with Crippen molar-refractivity contribution in [3.05, 3.63) is 123 Å². The molecule has 62 heavy (non-hydrogen) atoms. The normalized spacial score (nSPS) is 13.4. The minimum Gasteiger partial charge on any atom is -0.444 e. The molecule has 1 unspecified atom stereocenters. The molecule has 0 aromatic heterocycles. The van der Waals surface area contributed by atoms with Crippen LogP contribution in [0.4, 0.5) is 15.3 Å². The summed E-state index contributed by atoms with van der Waals surface area (Å²) in [5.41, 5.74) is 27.7. The van der Waals surface area contributed by atoms with Crippen LogP contribution in [0, 0.1) is 16.0 Å². The van der Waals surface area contributed by atoms with E-state index >= 15 is 0 Å². The number of carbonyl (C=O) groups is 6. The number of nitrogens with two attached hydrogens (primary N) is 5. The molecule has 2 aliphatic carbocycles. The average Bonchev–Trinajstić information content (AvgIpc) is 3.25. The highest BCUT2D eigenvalue weighted by atomic mass is 16.7. The molecule has 19 nitrogen and oxygen atoms in total. The van der Waals surface area contributed by atoms with E-state index < -0.39 is 29.3 Å². The number of nitro groups is 1. The highest BCUT2D eigenvalue weighted by Crippen LogP contribution is 2.17. The van der Waals surface area contributed by atoms with Crippen molar-refractivity contribution in [2.24, 2.45) is 34.6 Å². The minimum absolute atomic E-state index is 0.0414. The number of carbonyl (C=O) groups excluding carboxylic acids is 6. The summed E-state index contributed by atoms with van der Waals surface area (Å²) in [6.45, 7) is 9.14. The Morgan fingerprint density at radius 2 is 1.37 bits per heavy atom. The van der Waals surface area contributed by atoms with Crippen molar-refractivity contribution in [3.63, 3.8) is 0 Å². The molecule has 2 aliphatic rings. The van der Waals surface area contributed by atoms with Gasteiger partial charge in [0.1, 0.15) is 25.1 Å². The number of primary amides is 4. The van der Waals surface area contributed by atoms with Gasteiger partial charge in [0.05, 0.1) is 6.61 Å². The first kappa shape index (κ1) is 57.2. The molecular weight excluding hydrogens is 807 g/mol. The number of unbranched alkanes of at least 4 members (excludes halogenated alkanes) is 1. The molecule has 5 amide bonds. The summed E-state index contributed by atoms with van der Waals surface area (Å²) >= 11 is 0. The van der Waals surface area contributed by atoms with E-state index in [1.54, 1.807) is 24.3 Å². The third-order valence-corrected chi connectivity index (χ3v) is 7.77. The van der Waals surface area contributed by atoms with Crippen LogP contribution >= 0.6 is 0 Å². The average molecular weight is 870 g/mol. The molecule has 0 radical (unpaired) electrons. The van der Waals surface area contributed by atoms with Crippen LogP contribution in [-0.2, 0) is 57.8 Å². The van der Waals surface area contributed by atoms with Gasteiger partial charge in [-0.2, -0.15) is 0 Å². The molecule has 2 atom stereocenters. The van der Waals surface area contributed by atoms with E-state index in [9.17, 15) is 24.5 Å². The molecule has 0 spiro atoms. The van der Waals surface area contributed by atoms with Crippen molar-refractivity contribution >= 4 is 43.1 Å². The first-order valence-corrected chi connectivity index (χ1v) is 19.7. The second-order valence-corrected chi connectivity index (χ2v) is 12.7. The Kier molecular flexibility index (Phi) is 34.3. The quantitative estimate of drug-likeness (QED) is 0.0427. The monoisotopic (exact) mass is 869 g/mol. The smallest absolute Gasteiger partial charge is 0.444 e. The van der Waals surface area contributed by atoms with Crippen molar-refractivity contribution in [1.29, 1.82) is 0 Å². The lowest BCUT2D eigenvalue weighted by molar-refractivity contribution is -0.508. The standard InChI is InChI=1S/C26H29N3O7.C12H19NO2.C2H6.3CH3NO/c27-16-2-1-3-19-4-6-20(7-5-19)17-34-25(30)28-22-10-8-21(9-11-22)18-35-26(31)36-24-14-12-23(13-15-24)29(32)33;1-9(2)11(12(13)14)15-8-10-6-4-3-5-7-10;1-2;3*2-1-3/h4-12,14-15,23H,1-3,13,16-18,27H2,(H,28,30);4,6-7,9,11H,3,5,8H2,1-2H3,(H2,13,14);1-2H3;3*1H,(H2,2,3)/t;11-;;;;/m.0..../s1. The Bertz CT molecular complexity index is 1710. The SMILES string of the molecule is CC.CC(C)[C@H](OCC1=CCCC=C1)C(N)=O.NC=O.NC=O.NC=O.NCCCCc1ccc(COC(=O)Nc2ccc(COC(=O)OC3=CCC([N+](=O)[O-])C=C3)cc2)cc1. The van der Waals surface area contributed by atoms with Gasteiger partial charge in [0.25, 0.3) is 0 Å². The first-order valence-electron chi connectivity index (χ1n) is 19.7. The van der Waals surface area contributed by atoms with Crippen molar-refractivity contribution in [2.75, 3.05) is 18.5 Å². The lowest BCUT2D eigenvalue weighted by Gasteiger charge is -2.18. The molecular formula is C43H63N7O12. The van der Waals surface area contributed by atoms with Gasteiger partial charge in [-0.1, -0.05) is 82.3 Å². The molecule has 0 bridgehead atoms. The molecule has 0 saturated heterocycles. The molecule has 19 heteroatoms. The van der Waals surface area contributed by atoms with Gasteiger partial charge in [0.15, 0.2) is 0 Å². The van der Waals surface area contributed by atoms with E-state index in [2.05, 4.69) is 34.7 Å². The van der Waals surface area contributed by atoms with Crippen LogP contribution in [0.5, 0.6) is 0 Å². The molecule has 0 heterocycles. The summed E-state index contributed by atoms with van der Waals surface area (Å²) in [5, 5.41) is 13.4. The second-order valence-electron chi connectivity index (χ2n) is 12.7. The van der Waals surface area contributed by atoms with E-state index in [0.717, 1.165) is 43.2 Å². The Balaban J connectivity index is 0. The molecule has 342 valence electrons. The van der Waals surface area contributed by atoms with Gasteiger partial charge in [-0.05, 0) is 97.2 Å². The number of hydrogen-bond donors (Lipinski definition) is 6. The number of hydrogen-bond acceptors (Lipinski definition) is 13. The molecule has 0 fully saturated rings. The van der Waals surface area contributed by atoms with E-state index in [4.69, 9.17) is 44.8 Å². The maximum atomic E-state index is 12.1. The summed E-state index contributed by atoms with van der Waals surface area (Å²) in [7, 11) is 0. The highest BCUT2D eigenvalue weighted by Gasteiger charge is 2.21. The molecule has 11 N–H and O–H groups in total. The van der Waals surface area contributed by atoms with Crippen molar-refractivity contribution in [3.8, 4) is 0 Å². The van der Waals surface area contributed by atoms with Gasteiger partial charge in [0.2, 0.25) is 31.2 Å². The lowest BCUT2D eigenvalue weighted by atomic mass is 10.1. The van der Waals surface area contributed by atoms with Crippen LogP contribution in [-0.4, -0.2) is 67.6 Å². The van der Waals surface area contributed by atoms with E-state index in [0.29, 0.717) is 24.4 Å². The van der Waals surface area contributed by atoms with Crippen LogP contribution in [0.15, 0.2) is 96.3 Å². The van der Waals surface area contributed by atoms with Gasteiger partial charge < -0.3 is 47.6 Å². The Morgan fingerprint density at radius 1 is 0.823 bits per heavy atom. The van der Waals surface area contributed by atoms with Gasteiger partial charge in [-0.15, -0.1) is 0 Å². The Labute approximate surface area is 362 Å². The summed E-state index contributed by atoms with van der Waals surface area (Å²) in [6.07, 6.45) is 14.6. The summed E-state index contributed by atoms with van der Waals surface area (Å²) in [5.74, 6) is -0.0596. The number of nitrogens with one attached hydrogen (secondary N) is 1. The number of benzene rings is 2. The summed E-state index contributed by atoms with van der Waals surface area (Å²) < 4.78 is 20.9. The number of aryl methyl sites for hydroxylation is 1. The number of amides is 5. The third-order valence-electron chi connectivity index (χ3n) is 7.77. The lowest BCUT2D eigenvalue weighted by Crippen LogP contribution is -2.35. The zero-order valence-corrected chi connectivity index (χ0v) is 35.9. The number of rotatable bonds is 16. The fraction of sp³-hybridized carbons (Fsp3) is 0.395. The van der Waals surface area contributed by atoms with Crippen LogP contribution < -0.4 is 34.0 Å². The van der Waals surface area contributed by atoms with E-state index in [1.165, 1.54) is 23.8 Å². The zero-order valence-electron chi connectivity index (χ0n) is 35.9. The fourth-order valence-corrected chi connectivity index (χ4v) is 4.92. The molecule has 0 saturated carbocycles. The van der Waals surface area contributed by atoms with Gasteiger partial charge in [-0.3, -0.25) is 34.6 Å². The van der Waals surface area contributed by atoms with Gasteiger partial charge in [-0.25, -0.2) is 9.59 Å². The maximum absolute atomic E-state index is 12.1. The van der Waals surface area contributed by atoms with Crippen LogP contribution in [0.25, 0.3) is 0 Å². The Hall–Kier alpha value is -6.86. The number of allylic oxidation sites excluding steroid dienone is 3. The first-order chi connectivity index (χ1) is 29.8. The predicted molar refractivity (Wildman–Crippen MR) is 235 cm³/mol. The summed E-state index contributed by atoms with van der Waals surface area (Å²) in [6, 6.07) is 13.8. The second kappa shape index (κ2) is 37.2. The van der Waals surface area contributed by atoms with Crippen molar-refractivity contribution < 1.29 is 52.6 Å². The largest absolute Gasteiger partial charge is 0.514 e. The maximum Gasteiger partial charge on any atom is 0.514 e. The topological polar surface area (TPSA) is 325 Å².